The lowest BCUT2D eigenvalue weighted by atomic mass is 9.76. The second kappa shape index (κ2) is 9.37. The zero-order chi connectivity index (χ0) is 23.7. The summed E-state index contributed by atoms with van der Waals surface area (Å²) in [6.07, 6.45) is 2.59. The van der Waals surface area contributed by atoms with E-state index in [1.54, 1.807) is 18.2 Å². The molecule has 0 aliphatic carbocycles. The van der Waals surface area contributed by atoms with Gasteiger partial charge in [-0.2, -0.15) is 4.98 Å². The van der Waals surface area contributed by atoms with Gasteiger partial charge >= 0.3 is 5.97 Å². The molecule has 0 radical (unpaired) electrons. The molecular formula is C22H28Cl2FN5O2. The standard InChI is InChI=1S/C22H28Cl2FN5O2/c1-21(2)10-16(11-22(3,4)30(21)6-5-18(31)32)27-19-17(25)12-26-20(29-19)28-15-8-13(23)7-14(24)9-15/h7-9,12,16H,5-6,10-11H2,1-4H3,(H,31,32)(H2,26,27,28,29). The number of hydrogen-bond donors (Lipinski definition) is 3. The molecule has 1 aromatic heterocycles. The molecule has 174 valence electrons. The summed E-state index contributed by atoms with van der Waals surface area (Å²) >= 11 is 12.1. The highest BCUT2D eigenvalue weighted by Crippen LogP contribution is 2.39. The minimum Gasteiger partial charge on any atom is -0.481 e. The number of nitrogens with zero attached hydrogens (tertiary/aromatic N) is 3. The molecule has 3 N–H and O–H groups in total. The van der Waals surface area contributed by atoms with Gasteiger partial charge in [0.1, 0.15) is 0 Å². The molecule has 10 heteroatoms. The van der Waals surface area contributed by atoms with Crippen LogP contribution in [0.15, 0.2) is 24.4 Å². The van der Waals surface area contributed by atoms with E-state index >= 15 is 0 Å². The Morgan fingerprint density at radius 2 is 1.78 bits per heavy atom. The number of aromatic nitrogens is 2. The molecule has 1 aromatic carbocycles. The van der Waals surface area contributed by atoms with E-state index in [1.165, 1.54) is 0 Å². The van der Waals surface area contributed by atoms with E-state index in [-0.39, 0.29) is 35.3 Å². The summed E-state index contributed by atoms with van der Waals surface area (Å²) < 4.78 is 14.5. The maximum absolute atomic E-state index is 14.5. The second-order valence-electron chi connectivity index (χ2n) is 9.34. The number of likely N-dealkylation sites (tertiary alicyclic amines) is 1. The van der Waals surface area contributed by atoms with Gasteiger partial charge in [0.05, 0.1) is 12.6 Å². The van der Waals surface area contributed by atoms with Gasteiger partial charge < -0.3 is 15.7 Å². The molecule has 2 aromatic rings. The fourth-order valence-corrected chi connectivity index (χ4v) is 5.24. The molecule has 1 aliphatic rings. The first kappa shape index (κ1) is 24.5. The van der Waals surface area contributed by atoms with Crippen molar-refractivity contribution in [3.05, 3.63) is 40.3 Å². The van der Waals surface area contributed by atoms with Crippen LogP contribution in [-0.4, -0.2) is 49.6 Å². The van der Waals surface area contributed by atoms with Crippen LogP contribution in [0.4, 0.5) is 21.8 Å². The topological polar surface area (TPSA) is 90.4 Å². The van der Waals surface area contributed by atoms with E-state index in [2.05, 4.69) is 53.2 Å². The molecule has 1 fully saturated rings. The molecule has 1 saturated heterocycles. The van der Waals surface area contributed by atoms with Gasteiger partial charge in [0, 0.05) is 39.4 Å². The maximum atomic E-state index is 14.5. The number of carboxylic acid groups (broad SMARTS) is 1. The molecule has 2 heterocycles. The maximum Gasteiger partial charge on any atom is 0.304 e. The average molecular weight is 484 g/mol. The molecule has 7 nitrogen and oxygen atoms in total. The summed E-state index contributed by atoms with van der Waals surface area (Å²) in [6, 6.07) is 4.90. The van der Waals surface area contributed by atoms with Gasteiger partial charge in [-0.1, -0.05) is 23.2 Å². The summed E-state index contributed by atoms with van der Waals surface area (Å²) in [5, 5.41) is 16.3. The molecule has 0 saturated carbocycles. The van der Waals surface area contributed by atoms with Crippen LogP contribution in [0.5, 0.6) is 0 Å². The Morgan fingerprint density at radius 3 is 2.34 bits per heavy atom. The van der Waals surface area contributed by atoms with E-state index in [9.17, 15) is 9.18 Å². The predicted octanol–water partition coefficient (Wildman–Crippen LogP) is 5.57. The number of hydrogen-bond acceptors (Lipinski definition) is 6. The number of halogens is 3. The van der Waals surface area contributed by atoms with Crippen molar-refractivity contribution < 1.29 is 14.3 Å². The van der Waals surface area contributed by atoms with Crippen molar-refractivity contribution in [3.63, 3.8) is 0 Å². The first-order valence-electron chi connectivity index (χ1n) is 10.4. The molecular weight excluding hydrogens is 456 g/mol. The third-order valence-corrected chi connectivity index (χ3v) is 6.14. The zero-order valence-electron chi connectivity index (χ0n) is 18.5. The quantitative estimate of drug-likeness (QED) is 0.473. The minimum absolute atomic E-state index is 0.0565. The number of carbonyl (C=O) groups is 1. The summed E-state index contributed by atoms with van der Waals surface area (Å²) in [7, 11) is 0. The van der Waals surface area contributed by atoms with E-state index in [1.807, 2.05) is 0 Å². The van der Waals surface area contributed by atoms with Crippen LogP contribution in [0.25, 0.3) is 0 Å². The number of carboxylic acids is 1. The lowest BCUT2D eigenvalue weighted by molar-refractivity contribution is -0.138. The van der Waals surface area contributed by atoms with E-state index in [4.69, 9.17) is 28.3 Å². The SMILES string of the molecule is CC1(C)CC(Nc2nc(Nc3cc(Cl)cc(Cl)c3)ncc2F)CC(C)(C)N1CCC(=O)O. The molecule has 0 atom stereocenters. The first-order chi connectivity index (χ1) is 14.9. The van der Waals surface area contributed by atoms with E-state index < -0.39 is 11.8 Å². The zero-order valence-corrected chi connectivity index (χ0v) is 20.1. The van der Waals surface area contributed by atoms with Crippen LogP contribution < -0.4 is 10.6 Å². The van der Waals surface area contributed by atoms with Crippen molar-refractivity contribution in [2.45, 2.75) is 64.1 Å². The Labute approximate surface area is 197 Å². The number of piperidine rings is 1. The summed E-state index contributed by atoms with van der Waals surface area (Å²) in [5.41, 5.74) is 0.0302. The molecule has 3 rings (SSSR count). The average Bonchev–Trinajstić information content (AvgIpc) is 2.61. The van der Waals surface area contributed by atoms with Gasteiger partial charge in [0.25, 0.3) is 0 Å². The van der Waals surface area contributed by atoms with Crippen LogP contribution in [-0.2, 0) is 4.79 Å². The molecule has 1 aliphatic heterocycles. The highest BCUT2D eigenvalue weighted by atomic mass is 35.5. The van der Waals surface area contributed by atoms with E-state index in [0.717, 1.165) is 6.20 Å². The van der Waals surface area contributed by atoms with Crippen LogP contribution in [0, 0.1) is 5.82 Å². The van der Waals surface area contributed by atoms with Crippen molar-refractivity contribution in [1.29, 1.82) is 0 Å². The lowest BCUT2D eigenvalue weighted by Gasteiger charge is -2.55. The molecule has 0 unspecified atom stereocenters. The molecule has 0 bridgehead atoms. The van der Waals surface area contributed by atoms with Crippen molar-refractivity contribution in [3.8, 4) is 0 Å². The first-order valence-corrected chi connectivity index (χ1v) is 11.1. The number of rotatable bonds is 7. The smallest absolute Gasteiger partial charge is 0.304 e. The van der Waals surface area contributed by atoms with Gasteiger partial charge in [-0.25, -0.2) is 9.37 Å². The predicted molar refractivity (Wildman–Crippen MR) is 125 cm³/mol. The minimum atomic E-state index is -0.819. The fourth-order valence-electron chi connectivity index (χ4n) is 4.71. The van der Waals surface area contributed by atoms with Crippen LogP contribution in [0.3, 0.4) is 0 Å². The van der Waals surface area contributed by atoms with Gasteiger partial charge in [-0.05, 0) is 58.7 Å². The molecule has 32 heavy (non-hydrogen) atoms. The Hall–Kier alpha value is -2.16. The number of nitrogens with one attached hydrogen (secondary N) is 2. The second-order valence-corrected chi connectivity index (χ2v) is 10.2. The van der Waals surface area contributed by atoms with Crippen molar-refractivity contribution in [1.82, 2.24) is 14.9 Å². The molecule has 0 amide bonds. The number of anilines is 3. The monoisotopic (exact) mass is 483 g/mol. The third kappa shape index (κ3) is 5.99. The van der Waals surface area contributed by atoms with Crippen LogP contribution >= 0.6 is 23.2 Å². The summed E-state index contributed by atoms with van der Waals surface area (Å²) in [6.45, 7) is 8.78. The van der Waals surface area contributed by atoms with Crippen LogP contribution in [0.1, 0.15) is 47.0 Å². The molecule has 0 spiro atoms. The van der Waals surface area contributed by atoms with Gasteiger partial charge in [0.2, 0.25) is 5.95 Å². The highest BCUT2D eigenvalue weighted by Gasteiger charge is 2.45. The Kier molecular flexibility index (Phi) is 7.17. The lowest BCUT2D eigenvalue weighted by Crippen LogP contribution is -2.63. The summed E-state index contributed by atoms with van der Waals surface area (Å²) in [5.74, 6) is -1.06. The third-order valence-electron chi connectivity index (χ3n) is 5.71. The fraction of sp³-hybridized carbons (Fsp3) is 0.500. The Morgan fingerprint density at radius 1 is 1.19 bits per heavy atom. The number of aliphatic carboxylic acids is 1. The van der Waals surface area contributed by atoms with Gasteiger partial charge in [0.15, 0.2) is 11.6 Å². The van der Waals surface area contributed by atoms with E-state index in [0.29, 0.717) is 35.1 Å². The van der Waals surface area contributed by atoms with Crippen LogP contribution in [0.2, 0.25) is 10.0 Å². The number of benzene rings is 1. The highest BCUT2D eigenvalue weighted by molar-refractivity contribution is 6.35. The summed E-state index contributed by atoms with van der Waals surface area (Å²) in [4.78, 5) is 21.6. The van der Waals surface area contributed by atoms with Crippen molar-refractivity contribution in [2.24, 2.45) is 0 Å². The normalized spacial score (nSPS) is 18.3. The van der Waals surface area contributed by atoms with Crippen molar-refractivity contribution >= 4 is 46.6 Å². The Balaban J connectivity index is 1.77. The van der Waals surface area contributed by atoms with Gasteiger partial charge in [-0.15, -0.1) is 0 Å². The Bertz CT molecular complexity index is 964. The van der Waals surface area contributed by atoms with Crippen molar-refractivity contribution in [2.75, 3.05) is 17.2 Å². The van der Waals surface area contributed by atoms with Gasteiger partial charge in [-0.3, -0.25) is 9.69 Å². The largest absolute Gasteiger partial charge is 0.481 e.